The van der Waals surface area contributed by atoms with Crippen molar-refractivity contribution < 1.29 is 24.3 Å². The Balaban J connectivity index is 2.39. The van der Waals surface area contributed by atoms with Crippen LogP contribution in [0, 0.1) is 5.41 Å². The number of piperidine rings is 1. The normalized spacial score (nSPS) is 32.6. The molecule has 0 aliphatic carbocycles. The number of aliphatic carboxylic acids is 1. The summed E-state index contributed by atoms with van der Waals surface area (Å²) in [7, 11) is 0. The third kappa shape index (κ3) is 2.78. The van der Waals surface area contributed by atoms with Crippen molar-refractivity contribution in [3.05, 3.63) is 35.9 Å². The van der Waals surface area contributed by atoms with E-state index in [2.05, 4.69) is 0 Å². The van der Waals surface area contributed by atoms with Crippen LogP contribution >= 0.6 is 0 Å². The lowest BCUT2D eigenvalue weighted by Crippen LogP contribution is -2.65. The van der Waals surface area contributed by atoms with Crippen molar-refractivity contribution in [2.24, 2.45) is 5.41 Å². The summed E-state index contributed by atoms with van der Waals surface area (Å²) in [6.45, 7) is 3.99. The first kappa shape index (κ1) is 15.5. The number of amides is 1. The lowest BCUT2D eigenvalue weighted by molar-refractivity contribution is -0.904. The van der Waals surface area contributed by atoms with E-state index < -0.39 is 17.5 Å². The lowest BCUT2D eigenvalue weighted by atomic mass is 9.78. The van der Waals surface area contributed by atoms with Gasteiger partial charge in [0.25, 0.3) is 0 Å². The Morgan fingerprint density at radius 2 is 1.90 bits per heavy atom. The van der Waals surface area contributed by atoms with Gasteiger partial charge in [0.15, 0.2) is 0 Å². The van der Waals surface area contributed by atoms with Crippen LogP contribution in [0.25, 0.3) is 0 Å². The second-order valence-electron chi connectivity index (χ2n) is 6.37. The highest BCUT2D eigenvalue weighted by atomic mass is 16.4. The summed E-state index contributed by atoms with van der Waals surface area (Å²) in [5.41, 5.74) is -0.0685. The fourth-order valence-electron chi connectivity index (χ4n) is 3.25. The number of carboxylic acids is 1. The van der Waals surface area contributed by atoms with Gasteiger partial charge < -0.3 is 10.2 Å². The highest BCUT2D eigenvalue weighted by molar-refractivity contribution is 5.75. The van der Waals surface area contributed by atoms with Crippen LogP contribution in [0.2, 0.25) is 0 Å². The average molecular weight is 292 g/mol. The molecule has 5 nitrogen and oxygen atoms in total. The van der Waals surface area contributed by atoms with E-state index in [4.69, 9.17) is 0 Å². The number of hydrogen-bond donors (Lipinski definition) is 2. The topological polar surface area (TPSA) is 74.6 Å². The number of rotatable bonds is 3. The van der Waals surface area contributed by atoms with Crippen LogP contribution in [0.15, 0.2) is 30.3 Å². The summed E-state index contributed by atoms with van der Waals surface area (Å²) in [5, 5.41) is 19.3. The van der Waals surface area contributed by atoms with E-state index in [0.29, 0.717) is 19.4 Å². The highest BCUT2D eigenvalue weighted by Crippen LogP contribution is 2.39. The van der Waals surface area contributed by atoms with Crippen LogP contribution < -0.4 is 0 Å². The summed E-state index contributed by atoms with van der Waals surface area (Å²) in [6.07, 6.45) is 0.173. The molecule has 1 heterocycles. The summed E-state index contributed by atoms with van der Waals surface area (Å²) >= 11 is 0. The maximum Gasteiger partial charge on any atom is 0.514 e. The number of quaternary nitrogens is 1. The van der Waals surface area contributed by atoms with Gasteiger partial charge in [-0.25, -0.2) is 4.48 Å². The molecular formula is C16H22NO4+. The summed E-state index contributed by atoms with van der Waals surface area (Å²) in [6, 6.07) is 9.31. The van der Waals surface area contributed by atoms with Gasteiger partial charge in [0.2, 0.25) is 0 Å². The monoisotopic (exact) mass is 292 g/mol. The Labute approximate surface area is 124 Å². The van der Waals surface area contributed by atoms with Crippen molar-refractivity contribution in [3.63, 3.8) is 0 Å². The largest absolute Gasteiger partial charge is 0.514 e. The molecule has 3 atom stereocenters. The molecule has 1 aliphatic heterocycles. The first-order valence-electron chi connectivity index (χ1n) is 7.18. The third-order valence-corrected chi connectivity index (χ3v) is 4.79. The number of carboxylic acid groups (broad SMARTS) is 2. The Bertz CT molecular complexity index is 544. The van der Waals surface area contributed by atoms with E-state index in [0.717, 1.165) is 5.56 Å². The van der Waals surface area contributed by atoms with Crippen molar-refractivity contribution in [1.82, 2.24) is 0 Å². The van der Waals surface area contributed by atoms with Crippen LogP contribution in [0.4, 0.5) is 4.79 Å². The number of benzene rings is 1. The van der Waals surface area contributed by atoms with Crippen LogP contribution in [-0.4, -0.2) is 39.3 Å². The van der Waals surface area contributed by atoms with Gasteiger partial charge in [-0.1, -0.05) is 30.3 Å². The molecule has 2 rings (SSSR count). The number of hydrogen-bond acceptors (Lipinski definition) is 2. The minimum Gasteiger partial charge on any atom is -0.481 e. The van der Waals surface area contributed by atoms with Crippen LogP contribution in [0.3, 0.4) is 0 Å². The van der Waals surface area contributed by atoms with Gasteiger partial charge >= 0.3 is 12.1 Å². The van der Waals surface area contributed by atoms with Gasteiger partial charge in [-0.05, 0) is 20.3 Å². The van der Waals surface area contributed by atoms with Crippen molar-refractivity contribution in [2.75, 3.05) is 6.54 Å². The standard InChI is InChI=1S/C16H21NO4/c1-12-8-9-16(2,14(18)19)11-17(12,15(20)21)10-13-6-4-3-5-7-13/h3-7,12H,8-11H2,1-2H3,(H-,18,19,20,21)/p+1/t12?,16-,17-/m0/s1. The summed E-state index contributed by atoms with van der Waals surface area (Å²) in [5.74, 6) is -0.911. The lowest BCUT2D eigenvalue weighted by Gasteiger charge is -2.47. The predicted octanol–water partition coefficient (Wildman–Crippen LogP) is 2.95. The minimum absolute atomic E-state index is 0.102. The minimum atomic E-state index is -0.986. The molecule has 0 aromatic heterocycles. The zero-order valence-electron chi connectivity index (χ0n) is 12.5. The van der Waals surface area contributed by atoms with E-state index in [9.17, 15) is 19.8 Å². The van der Waals surface area contributed by atoms with Gasteiger partial charge in [0.05, 0.1) is 6.04 Å². The summed E-state index contributed by atoms with van der Waals surface area (Å²) in [4.78, 5) is 23.5. The molecule has 1 unspecified atom stereocenters. The van der Waals surface area contributed by atoms with Gasteiger partial charge in [-0.3, -0.25) is 4.79 Å². The Kier molecular flexibility index (Phi) is 4.05. The zero-order chi connectivity index (χ0) is 15.7. The SMILES string of the molecule is CC1CC[C@](C)(C(=O)O)C[N@+]1(Cc1ccccc1)C(=O)O. The van der Waals surface area contributed by atoms with Crippen molar-refractivity contribution in [2.45, 2.75) is 39.3 Å². The summed E-state index contributed by atoms with van der Waals surface area (Å²) < 4.78 is -0.215. The molecule has 1 aromatic carbocycles. The number of likely N-dealkylation sites (tertiary alicyclic amines) is 1. The Morgan fingerprint density at radius 1 is 1.29 bits per heavy atom. The molecule has 5 heteroatoms. The molecule has 0 bridgehead atoms. The number of nitrogens with zero attached hydrogens (tertiary/aromatic N) is 1. The molecule has 2 N–H and O–H groups in total. The molecule has 1 aliphatic rings. The predicted molar refractivity (Wildman–Crippen MR) is 77.7 cm³/mol. The Morgan fingerprint density at radius 3 is 2.43 bits per heavy atom. The van der Waals surface area contributed by atoms with Gasteiger partial charge in [-0.15, -0.1) is 0 Å². The molecule has 0 saturated carbocycles. The number of carbonyl (C=O) groups is 2. The van der Waals surface area contributed by atoms with Crippen LogP contribution in [0.5, 0.6) is 0 Å². The maximum absolute atomic E-state index is 12.0. The fraction of sp³-hybridized carbons (Fsp3) is 0.500. The van der Waals surface area contributed by atoms with E-state index in [1.54, 1.807) is 6.92 Å². The van der Waals surface area contributed by atoms with Gasteiger partial charge in [0.1, 0.15) is 18.5 Å². The first-order valence-corrected chi connectivity index (χ1v) is 7.18. The van der Waals surface area contributed by atoms with E-state index in [-0.39, 0.29) is 17.1 Å². The molecule has 1 fully saturated rings. The van der Waals surface area contributed by atoms with Crippen molar-refractivity contribution in [1.29, 1.82) is 0 Å². The molecule has 21 heavy (non-hydrogen) atoms. The first-order chi connectivity index (χ1) is 9.80. The maximum atomic E-state index is 12.0. The molecule has 1 saturated heterocycles. The average Bonchev–Trinajstić information content (AvgIpc) is 2.44. The fourth-order valence-corrected chi connectivity index (χ4v) is 3.25. The zero-order valence-corrected chi connectivity index (χ0v) is 12.5. The van der Waals surface area contributed by atoms with E-state index >= 15 is 0 Å². The highest BCUT2D eigenvalue weighted by Gasteiger charge is 2.54. The second kappa shape index (κ2) is 5.48. The third-order valence-electron chi connectivity index (χ3n) is 4.79. The Hall–Kier alpha value is -1.88. The van der Waals surface area contributed by atoms with Crippen molar-refractivity contribution >= 4 is 12.1 Å². The smallest absolute Gasteiger partial charge is 0.481 e. The van der Waals surface area contributed by atoms with E-state index in [1.807, 2.05) is 37.3 Å². The molecule has 114 valence electrons. The molecule has 1 aromatic rings. The molecular weight excluding hydrogens is 270 g/mol. The van der Waals surface area contributed by atoms with E-state index in [1.165, 1.54) is 0 Å². The van der Waals surface area contributed by atoms with Crippen LogP contribution in [-0.2, 0) is 11.3 Å². The quantitative estimate of drug-likeness (QED) is 0.840. The van der Waals surface area contributed by atoms with Gasteiger partial charge in [0, 0.05) is 12.0 Å². The molecule has 0 radical (unpaired) electrons. The van der Waals surface area contributed by atoms with Crippen LogP contribution in [0.1, 0.15) is 32.3 Å². The van der Waals surface area contributed by atoms with Crippen molar-refractivity contribution in [3.8, 4) is 0 Å². The van der Waals surface area contributed by atoms with Gasteiger partial charge in [-0.2, -0.15) is 4.79 Å². The second-order valence-corrected chi connectivity index (χ2v) is 6.37. The molecule has 1 amide bonds. The molecule has 0 spiro atoms.